The lowest BCUT2D eigenvalue weighted by Gasteiger charge is -2.29. The van der Waals surface area contributed by atoms with E-state index in [1.54, 1.807) is 29.7 Å². The van der Waals surface area contributed by atoms with E-state index in [-0.39, 0.29) is 29.4 Å². The van der Waals surface area contributed by atoms with Crippen molar-refractivity contribution < 1.29 is 9.18 Å². The van der Waals surface area contributed by atoms with E-state index in [1.807, 2.05) is 6.92 Å². The van der Waals surface area contributed by atoms with Gasteiger partial charge in [0.15, 0.2) is 0 Å². The summed E-state index contributed by atoms with van der Waals surface area (Å²) in [6.07, 6.45) is 6.11. The molecule has 182 valence electrons. The van der Waals surface area contributed by atoms with E-state index in [0.717, 1.165) is 50.2 Å². The predicted molar refractivity (Wildman–Crippen MR) is 142 cm³/mol. The summed E-state index contributed by atoms with van der Waals surface area (Å²) in [7, 11) is 0. The Hall–Kier alpha value is -2.96. The lowest BCUT2D eigenvalue weighted by atomic mass is 10.0. The first-order valence-corrected chi connectivity index (χ1v) is 13.0. The second kappa shape index (κ2) is 10.8. The molecule has 3 heterocycles. The number of halogens is 1. The number of pyridine rings is 1. The maximum atomic E-state index is 13.3. The lowest BCUT2D eigenvalue weighted by Crippen LogP contribution is -2.35. The maximum Gasteiger partial charge on any atom is 0.270 e. The molecule has 0 bridgehead atoms. The minimum absolute atomic E-state index is 0.0958. The van der Waals surface area contributed by atoms with Crippen molar-refractivity contribution in [1.29, 1.82) is 5.26 Å². The number of anilines is 1. The number of rotatable bonds is 5. The molecule has 2 aliphatic rings. The molecule has 35 heavy (non-hydrogen) atoms. The Morgan fingerprint density at radius 1 is 1.14 bits per heavy atom. The van der Waals surface area contributed by atoms with Crippen LogP contribution in [0, 0.1) is 24.1 Å². The largest absolute Gasteiger partial charge is 0.357 e. The molecule has 0 N–H and O–H groups in total. The van der Waals surface area contributed by atoms with Gasteiger partial charge in [-0.3, -0.25) is 19.1 Å². The summed E-state index contributed by atoms with van der Waals surface area (Å²) >= 11 is 6.70. The quantitative estimate of drug-likeness (QED) is 0.418. The van der Waals surface area contributed by atoms with E-state index in [9.17, 15) is 19.2 Å². The third-order valence-electron chi connectivity index (χ3n) is 6.47. The Morgan fingerprint density at radius 3 is 2.40 bits per heavy atom. The summed E-state index contributed by atoms with van der Waals surface area (Å²) in [6.45, 7) is 5.97. The Bertz CT molecular complexity index is 1290. The first kappa shape index (κ1) is 25.1. The van der Waals surface area contributed by atoms with Crippen LogP contribution in [0.3, 0.4) is 0 Å². The second-order valence-electron chi connectivity index (χ2n) is 8.69. The highest BCUT2D eigenvalue weighted by Gasteiger charge is 2.33. The van der Waals surface area contributed by atoms with Crippen LogP contribution in [0.25, 0.3) is 6.08 Å². The highest BCUT2D eigenvalue weighted by atomic mass is 32.2. The van der Waals surface area contributed by atoms with Crippen LogP contribution in [-0.4, -0.2) is 32.8 Å². The number of carbonyl (C=O) groups excluding carboxylic acids is 1. The molecule has 2 aliphatic heterocycles. The average Bonchev–Trinajstić information content (AvgIpc) is 3.02. The Morgan fingerprint density at radius 2 is 1.80 bits per heavy atom. The summed E-state index contributed by atoms with van der Waals surface area (Å²) in [5, 5.41) is 9.75. The molecule has 0 aliphatic carbocycles. The van der Waals surface area contributed by atoms with Crippen molar-refractivity contribution >= 4 is 46.1 Å². The Labute approximate surface area is 214 Å². The third-order valence-corrected chi connectivity index (χ3v) is 7.85. The second-order valence-corrected chi connectivity index (χ2v) is 10.4. The Kier molecular flexibility index (Phi) is 7.72. The molecule has 4 rings (SSSR count). The molecule has 6 nitrogen and oxygen atoms in total. The molecule has 1 aromatic heterocycles. The number of aromatic nitrogens is 1. The first-order valence-electron chi connectivity index (χ1n) is 11.8. The zero-order chi connectivity index (χ0) is 25.1. The molecule has 1 aromatic carbocycles. The molecular formula is C26H27FN4O2S2. The molecular weight excluding hydrogens is 483 g/mol. The van der Waals surface area contributed by atoms with Crippen molar-refractivity contribution in [2.24, 2.45) is 0 Å². The monoisotopic (exact) mass is 510 g/mol. The molecule has 0 unspecified atom stereocenters. The minimum atomic E-state index is -0.338. The van der Waals surface area contributed by atoms with Crippen LogP contribution in [-0.2, 0) is 17.9 Å². The number of nitriles is 1. The van der Waals surface area contributed by atoms with Crippen molar-refractivity contribution in [1.82, 2.24) is 9.47 Å². The van der Waals surface area contributed by atoms with E-state index in [1.165, 1.54) is 28.8 Å². The zero-order valence-electron chi connectivity index (χ0n) is 19.8. The van der Waals surface area contributed by atoms with Gasteiger partial charge in [0.2, 0.25) is 0 Å². The average molecular weight is 511 g/mol. The van der Waals surface area contributed by atoms with Gasteiger partial charge in [0.1, 0.15) is 27.6 Å². The summed E-state index contributed by atoms with van der Waals surface area (Å²) < 4.78 is 15.4. The summed E-state index contributed by atoms with van der Waals surface area (Å²) in [6, 6.07) is 8.06. The third kappa shape index (κ3) is 5.04. The maximum absolute atomic E-state index is 13.3. The molecule has 0 atom stereocenters. The highest BCUT2D eigenvalue weighted by molar-refractivity contribution is 8.26. The number of thiocarbonyl (C=S) groups is 1. The van der Waals surface area contributed by atoms with Gasteiger partial charge in [-0.05, 0) is 56.0 Å². The van der Waals surface area contributed by atoms with E-state index < -0.39 is 0 Å². The fourth-order valence-electron chi connectivity index (χ4n) is 4.60. The van der Waals surface area contributed by atoms with Crippen molar-refractivity contribution in [3.8, 4) is 6.07 Å². The number of nitrogens with zero attached hydrogens (tertiary/aromatic N) is 4. The number of carbonyl (C=O) groups is 1. The van der Waals surface area contributed by atoms with Gasteiger partial charge in [-0.15, -0.1) is 0 Å². The standard InChI is InChI=1S/C26H27FN4O2S2/c1-3-30-23(29-12-6-4-5-7-13-29)20(17(2)21(15-28)24(30)32)14-22-25(33)31(26(34)35-22)16-18-8-10-19(27)11-9-18/h8-11,14H,3-7,12-13,16H2,1-2H3. The van der Waals surface area contributed by atoms with E-state index in [2.05, 4.69) is 11.0 Å². The lowest BCUT2D eigenvalue weighted by molar-refractivity contribution is -0.122. The topological polar surface area (TPSA) is 69.3 Å². The van der Waals surface area contributed by atoms with Crippen molar-refractivity contribution in [3.63, 3.8) is 0 Å². The van der Waals surface area contributed by atoms with Gasteiger partial charge in [-0.1, -0.05) is 49.0 Å². The van der Waals surface area contributed by atoms with Crippen LogP contribution in [0.5, 0.6) is 0 Å². The van der Waals surface area contributed by atoms with Crippen LogP contribution < -0.4 is 10.5 Å². The molecule has 2 aromatic rings. The molecule has 2 fully saturated rings. The summed E-state index contributed by atoms with van der Waals surface area (Å²) in [5.41, 5.74) is 1.86. The fraction of sp³-hybridized carbons (Fsp3) is 0.385. The van der Waals surface area contributed by atoms with Crippen LogP contribution in [0.15, 0.2) is 34.0 Å². The van der Waals surface area contributed by atoms with Gasteiger partial charge < -0.3 is 4.90 Å². The first-order chi connectivity index (χ1) is 16.8. The van der Waals surface area contributed by atoms with Crippen LogP contribution in [0.1, 0.15) is 54.9 Å². The van der Waals surface area contributed by atoms with Gasteiger partial charge in [0.25, 0.3) is 11.5 Å². The molecule has 9 heteroatoms. The molecule has 0 saturated carbocycles. The van der Waals surface area contributed by atoms with E-state index >= 15 is 0 Å². The number of benzene rings is 1. The van der Waals surface area contributed by atoms with Gasteiger partial charge in [0.05, 0.1) is 11.4 Å². The van der Waals surface area contributed by atoms with Crippen molar-refractivity contribution in [3.05, 3.63) is 67.6 Å². The van der Waals surface area contributed by atoms with Gasteiger partial charge in [0, 0.05) is 25.2 Å². The minimum Gasteiger partial charge on any atom is -0.357 e. The number of hydrogen-bond acceptors (Lipinski definition) is 6. The predicted octanol–water partition coefficient (Wildman–Crippen LogP) is 4.97. The summed E-state index contributed by atoms with van der Waals surface area (Å²) in [4.78, 5) is 30.7. The van der Waals surface area contributed by atoms with Gasteiger partial charge in [-0.2, -0.15) is 5.26 Å². The molecule has 1 amide bonds. The number of amides is 1. The van der Waals surface area contributed by atoms with Crippen LogP contribution >= 0.6 is 24.0 Å². The summed E-state index contributed by atoms with van der Waals surface area (Å²) in [5.74, 6) is 0.188. The highest BCUT2D eigenvalue weighted by Crippen LogP contribution is 2.37. The van der Waals surface area contributed by atoms with Crippen molar-refractivity contribution in [2.75, 3.05) is 18.0 Å². The van der Waals surface area contributed by atoms with E-state index in [4.69, 9.17) is 12.2 Å². The molecule has 2 saturated heterocycles. The van der Waals surface area contributed by atoms with Crippen LogP contribution in [0.4, 0.5) is 10.2 Å². The van der Waals surface area contributed by atoms with Crippen LogP contribution in [0.2, 0.25) is 0 Å². The fourth-order valence-corrected chi connectivity index (χ4v) is 5.84. The van der Waals surface area contributed by atoms with E-state index in [0.29, 0.717) is 26.9 Å². The zero-order valence-corrected chi connectivity index (χ0v) is 21.5. The number of hydrogen-bond donors (Lipinski definition) is 0. The SMILES string of the molecule is CCn1c(N2CCCCCC2)c(C=C2SC(=S)N(Cc3ccc(F)cc3)C2=O)c(C)c(C#N)c1=O. The van der Waals surface area contributed by atoms with Gasteiger partial charge >= 0.3 is 0 Å². The molecule has 0 radical (unpaired) electrons. The normalized spacial score (nSPS) is 17.7. The molecule has 0 spiro atoms. The van der Waals surface area contributed by atoms with Gasteiger partial charge in [-0.25, -0.2) is 4.39 Å². The number of thioether (sulfide) groups is 1. The van der Waals surface area contributed by atoms with Crippen molar-refractivity contribution in [2.45, 2.75) is 52.6 Å². The Balaban J connectivity index is 1.79. The smallest absolute Gasteiger partial charge is 0.270 e.